The van der Waals surface area contributed by atoms with Crippen molar-refractivity contribution in [1.29, 1.82) is 0 Å². The first kappa shape index (κ1) is 19.6. The molecule has 0 bridgehead atoms. The van der Waals surface area contributed by atoms with Gasteiger partial charge in [-0.1, -0.05) is 29.3 Å². The van der Waals surface area contributed by atoms with E-state index in [1.165, 1.54) is 19.4 Å². The number of benzene rings is 2. The van der Waals surface area contributed by atoms with Gasteiger partial charge in [0.25, 0.3) is 0 Å². The fraction of sp³-hybridized carbons (Fsp3) is 0.118. The number of nitrogens with zero attached hydrogens (tertiary/aromatic N) is 1. The van der Waals surface area contributed by atoms with E-state index in [9.17, 15) is 14.7 Å². The highest BCUT2D eigenvalue weighted by molar-refractivity contribution is 6.44. The molecular formula is C17H15Cl2N3O4. The number of halogens is 2. The minimum atomic E-state index is -0.609. The molecule has 7 nitrogen and oxygen atoms in total. The van der Waals surface area contributed by atoms with Gasteiger partial charge in [0.1, 0.15) is 6.42 Å². The lowest BCUT2D eigenvalue weighted by Crippen LogP contribution is -2.24. The third-order valence-corrected chi connectivity index (χ3v) is 3.97. The van der Waals surface area contributed by atoms with Crippen molar-refractivity contribution in [1.82, 2.24) is 5.43 Å². The molecule has 0 aliphatic heterocycles. The molecule has 9 heteroatoms. The van der Waals surface area contributed by atoms with Crippen LogP contribution in [0.3, 0.4) is 0 Å². The van der Waals surface area contributed by atoms with Gasteiger partial charge in [0, 0.05) is 0 Å². The number of anilines is 1. The predicted molar refractivity (Wildman–Crippen MR) is 100 cm³/mol. The normalized spacial score (nSPS) is 10.6. The molecule has 0 atom stereocenters. The zero-order valence-electron chi connectivity index (χ0n) is 13.6. The van der Waals surface area contributed by atoms with Crippen LogP contribution in [0.5, 0.6) is 11.5 Å². The Bertz CT molecular complexity index is 856. The van der Waals surface area contributed by atoms with Gasteiger partial charge in [0.05, 0.1) is 29.1 Å². The van der Waals surface area contributed by atoms with Gasteiger partial charge < -0.3 is 15.2 Å². The number of carbonyl (C=O) groups excluding carboxylic acids is 2. The Morgan fingerprint density at radius 2 is 2.00 bits per heavy atom. The molecule has 0 saturated heterocycles. The number of ether oxygens (including phenoxy) is 1. The highest BCUT2D eigenvalue weighted by Crippen LogP contribution is 2.29. The van der Waals surface area contributed by atoms with Crippen LogP contribution in [-0.2, 0) is 9.59 Å². The van der Waals surface area contributed by atoms with E-state index < -0.39 is 18.2 Å². The Morgan fingerprint density at radius 3 is 2.73 bits per heavy atom. The molecule has 0 aliphatic rings. The fourth-order valence-electron chi connectivity index (χ4n) is 1.93. The number of methoxy groups -OCH3 is 1. The molecule has 0 aliphatic carbocycles. The predicted octanol–water partition coefficient (Wildman–Crippen LogP) is 3.19. The minimum Gasteiger partial charge on any atom is -0.504 e. The van der Waals surface area contributed by atoms with Crippen LogP contribution in [-0.4, -0.2) is 30.2 Å². The number of hydrogen-bond donors (Lipinski definition) is 3. The zero-order valence-corrected chi connectivity index (χ0v) is 15.1. The van der Waals surface area contributed by atoms with Crippen molar-refractivity contribution in [2.75, 3.05) is 12.4 Å². The van der Waals surface area contributed by atoms with E-state index in [4.69, 9.17) is 27.9 Å². The van der Waals surface area contributed by atoms with Crippen LogP contribution in [0.2, 0.25) is 10.0 Å². The quantitative estimate of drug-likeness (QED) is 0.397. The lowest BCUT2D eigenvalue weighted by atomic mass is 10.2. The molecule has 0 radical (unpaired) electrons. The van der Waals surface area contributed by atoms with Crippen molar-refractivity contribution in [2.24, 2.45) is 5.10 Å². The summed E-state index contributed by atoms with van der Waals surface area (Å²) in [4.78, 5) is 23.6. The second-order valence-electron chi connectivity index (χ2n) is 5.05. The SMILES string of the molecule is COc1cc(C=NNC(=O)CC(=O)Nc2cccc(Cl)c2Cl)ccc1O. The summed E-state index contributed by atoms with van der Waals surface area (Å²) in [5.41, 5.74) is 3.14. The third kappa shape index (κ3) is 5.37. The van der Waals surface area contributed by atoms with Crippen LogP contribution < -0.4 is 15.5 Å². The Labute approximate surface area is 159 Å². The summed E-state index contributed by atoms with van der Waals surface area (Å²) in [6.07, 6.45) is 0.907. The lowest BCUT2D eigenvalue weighted by Gasteiger charge is -2.07. The Morgan fingerprint density at radius 1 is 1.23 bits per heavy atom. The minimum absolute atomic E-state index is 0.00923. The Hall–Kier alpha value is -2.77. The Kier molecular flexibility index (Phi) is 6.82. The van der Waals surface area contributed by atoms with Gasteiger partial charge in [-0.3, -0.25) is 9.59 Å². The third-order valence-electron chi connectivity index (χ3n) is 3.15. The molecule has 0 spiro atoms. The van der Waals surface area contributed by atoms with Crippen LogP contribution in [0.4, 0.5) is 5.69 Å². The molecule has 0 unspecified atom stereocenters. The molecule has 2 amide bonds. The number of aromatic hydroxyl groups is 1. The highest BCUT2D eigenvalue weighted by atomic mass is 35.5. The number of phenols is 1. The van der Waals surface area contributed by atoms with E-state index in [-0.39, 0.29) is 16.5 Å². The molecule has 0 saturated carbocycles. The van der Waals surface area contributed by atoms with E-state index in [0.29, 0.717) is 16.3 Å². The number of amides is 2. The van der Waals surface area contributed by atoms with Crippen molar-refractivity contribution in [3.63, 3.8) is 0 Å². The zero-order chi connectivity index (χ0) is 19.1. The monoisotopic (exact) mass is 395 g/mol. The summed E-state index contributed by atoms with van der Waals surface area (Å²) in [7, 11) is 1.42. The second kappa shape index (κ2) is 9.07. The van der Waals surface area contributed by atoms with Crippen molar-refractivity contribution in [2.45, 2.75) is 6.42 Å². The maximum Gasteiger partial charge on any atom is 0.249 e. The molecule has 3 N–H and O–H groups in total. The molecule has 26 heavy (non-hydrogen) atoms. The van der Waals surface area contributed by atoms with Crippen molar-refractivity contribution < 1.29 is 19.4 Å². The van der Waals surface area contributed by atoms with Gasteiger partial charge in [-0.2, -0.15) is 5.10 Å². The molecule has 2 aromatic rings. The second-order valence-corrected chi connectivity index (χ2v) is 5.84. The van der Waals surface area contributed by atoms with Gasteiger partial charge in [-0.25, -0.2) is 5.43 Å². The number of carbonyl (C=O) groups is 2. The number of hydrogen-bond acceptors (Lipinski definition) is 5. The smallest absolute Gasteiger partial charge is 0.249 e. The van der Waals surface area contributed by atoms with Crippen LogP contribution in [0.15, 0.2) is 41.5 Å². The highest BCUT2D eigenvalue weighted by Gasteiger charge is 2.12. The summed E-state index contributed by atoms with van der Waals surface area (Å²) in [6.45, 7) is 0. The summed E-state index contributed by atoms with van der Waals surface area (Å²) in [5, 5.41) is 16.2. The molecule has 136 valence electrons. The fourth-order valence-corrected chi connectivity index (χ4v) is 2.28. The summed E-state index contributed by atoms with van der Waals surface area (Å²) < 4.78 is 4.97. The van der Waals surface area contributed by atoms with E-state index in [2.05, 4.69) is 15.8 Å². The largest absolute Gasteiger partial charge is 0.504 e. The topological polar surface area (TPSA) is 100 Å². The summed E-state index contributed by atoms with van der Waals surface area (Å²) in [5.74, 6) is -0.904. The average molecular weight is 396 g/mol. The number of phenolic OH excluding ortho intramolecular Hbond substituents is 1. The molecule has 2 rings (SSSR count). The molecular weight excluding hydrogens is 381 g/mol. The van der Waals surface area contributed by atoms with Crippen LogP contribution in [0, 0.1) is 0 Å². The van der Waals surface area contributed by atoms with E-state index in [1.807, 2.05) is 0 Å². The van der Waals surface area contributed by atoms with Gasteiger partial charge in [0.2, 0.25) is 11.8 Å². The molecule has 2 aromatic carbocycles. The first-order chi connectivity index (χ1) is 12.4. The Balaban J connectivity index is 1.88. The molecule has 0 fully saturated rings. The van der Waals surface area contributed by atoms with Gasteiger partial charge >= 0.3 is 0 Å². The van der Waals surface area contributed by atoms with Gasteiger partial charge in [-0.15, -0.1) is 0 Å². The lowest BCUT2D eigenvalue weighted by molar-refractivity contribution is -0.126. The van der Waals surface area contributed by atoms with Crippen LogP contribution in [0.1, 0.15) is 12.0 Å². The standard InChI is InChI=1S/C17H15Cl2N3O4/c1-26-14-7-10(5-6-13(14)23)9-20-22-16(25)8-15(24)21-12-4-2-3-11(18)17(12)19/h2-7,9,23H,8H2,1H3,(H,21,24)(H,22,25). The van der Waals surface area contributed by atoms with E-state index in [1.54, 1.807) is 30.3 Å². The average Bonchev–Trinajstić information content (AvgIpc) is 2.60. The van der Waals surface area contributed by atoms with E-state index in [0.717, 1.165) is 0 Å². The first-order valence-electron chi connectivity index (χ1n) is 7.33. The first-order valence-corrected chi connectivity index (χ1v) is 8.09. The van der Waals surface area contributed by atoms with Crippen molar-refractivity contribution in [3.05, 3.63) is 52.0 Å². The summed E-state index contributed by atoms with van der Waals surface area (Å²) >= 11 is 11.8. The number of rotatable bonds is 6. The maximum atomic E-state index is 11.9. The summed E-state index contributed by atoms with van der Waals surface area (Å²) in [6, 6.07) is 9.34. The molecule has 0 aromatic heterocycles. The molecule has 0 heterocycles. The van der Waals surface area contributed by atoms with Crippen molar-refractivity contribution >= 4 is 46.9 Å². The number of hydrazone groups is 1. The van der Waals surface area contributed by atoms with Crippen LogP contribution in [0.25, 0.3) is 0 Å². The van der Waals surface area contributed by atoms with Crippen molar-refractivity contribution in [3.8, 4) is 11.5 Å². The van der Waals surface area contributed by atoms with Crippen LogP contribution >= 0.6 is 23.2 Å². The maximum absolute atomic E-state index is 11.9. The van der Waals surface area contributed by atoms with E-state index >= 15 is 0 Å². The van der Waals surface area contributed by atoms with Gasteiger partial charge in [0.15, 0.2) is 11.5 Å². The van der Waals surface area contributed by atoms with Gasteiger partial charge in [-0.05, 0) is 35.9 Å². The number of nitrogens with one attached hydrogen (secondary N) is 2.